The van der Waals surface area contributed by atoms with Crippen LogP contribution < -0.4 is 9.64 Å². The van der Waals surface area contributed by atoms with Crippen LogP contribution in [0.25, 0.3) is 11.3 Å². The van der Waals surface area contributed by atoms with Crippen molar-refractivity contribution >= 4 is 39.7 Å². The predicted molar refractivity (Wildman–Crippen MR) is 117 cm³/mol. The fraction of sp³-hybridized carbons (Fsp3) is 0.273. The van der Waals surface area contributed by atoms with Gasteiger partial charge in [-0.05, 0) is 37.1 Å². The Morgan fingerprint density at radius 3 is 2.50 bits per heavy atom. The number of anilines is 2. The van der Waals surface area contributed by atoms with Gasteiger partial charge in [0.25, 0.3) is 0 Å². The first-order valence-corrected chi connectivity index (χ1v) is 10.5. The van der Waals surface area contributed by atoms with Gasteiger partial charge in [0.1, 0.15) is 5.75 Å². The van der Waals surface area contributed by atoms with E-state index in [1.807, 2.05) is 55.5 Å². The molecule has 0 aliphatic heterocycles. The van der Waals surface area contributed by atoms with Gasteiger partial charge in [-0.25, -0.2) is 4.98 Å². The van der Waals surface area contributed by atoms with Crippen LogP contribution in [0.3, 0.4) is 0 Å². The Balaban J connectivity index is 2.13. The molecular weight excluding hydrogens is 392 g/mol. The Hall–Kier alpha value is -2.37. The van der Waals surface area contributed by atoms with E-state index in [2.05, 4.69) is 6.92 Å². The molecule has 1 aromatic heterocycles. The summed E-state index contributed by atoms with van der Waals surface area (Å²) in [6.45, 7) is 4.09. The molecule has 1 amide bonds. The summed E-state index contributed by atoms with van der Waals surface area (Å²) < 4.78 is 5.51. The lowest BCUT2D eigenvalue weighted by Crippen LogP contribution is -2.25. The molecule has 3 aromatic rings. The third kappa shape index (κ3) is 4.21. The molecule has 0 N–H and O–H groups in total. The molecule has 6 heteroatoms. The summed E-state index contributed by atoms with van der Waals surface area (Å²) in [4.78, 5) is 20.7. The van der Waals surface area contributed by atoms with Crippen molar-refractivity contribution in [1.82, 2.24) is 4.98 Å². The van der Waals surface area contributed by atoms with Crippen LogP contribution in [0.15, 0.2) is 48.5 Å². The molecule has 28 heavy (non-hydrogen) atoms. The first-order chi connectivity index (χ1) is 13.6. The zero-order chi connectivity index (χ0) is 20.1. The largest absolute Gasteiger partial charge is 0.495 e. The van der Waals surface area contributed by atoms with Gasteiger partial charge in [-0.1, -0.05) is 49.7 Å². The second kappa shape index (κ2) is 9.22. The highest BCUT2D eigenvalue weighted by molar-refractivity contribution is 7.16. The summed E-state index contributed by atoms with van der Waals surface area (Å²) in [5.41, 5.74) is 2.59. The van der Waals surface area contributed by atoms with Gasteiger partial charge in [0.2, 0.25) is 5.91 Å². The van der Waals surface area contributed by atoms with Crippen LogP contribution in [-0.4, -0.2) is 18.0 Å². The number of carbonyl (C=O) groups is 1. The quantitative estimate of drug-likeness (QED) is 0.443. The number of amides is 1. The van der Waals surface area contributed by atoms with E-state index in [1.165, 1.54) is 0 Å². The average Bonchev–Trinajstić information content (AvgIpc) is 3.13. The molecule has 0 saturated carbocycles. The van der Waals surface area contributed by atoms with Crippen molar-refractivity contribution in [3.8, 4) is 17.0 Å². The number of para-hydroxylation sites is 2. The number of benzene rings is 2. The maximum atomic E-state index is 13.0. The van der Waals surface area contributed by atoms with Crippen LogP contribution in [-0.2, 0) is 11.2 Å². The van der Waals surface area contributed by atoms with Crippen molar-refractivity contribution in [2.45, 2.75) is 33.1 Å². The Kier molecular flexibility index (Phi) is 6.70. The zero-order valence-electron chi connectivity index (χ0n) is 16.2. The van der Waals surface area contributed by atoms with E-state index in [1.54, 1.807) is 23.3 Å². The first kappa shape index (κ1) is 20.4. The number of thiazole rings is 1. The molecule has 0 radical (unpaired) electrons. The van der Waals surface area contributed by atoms with Gasteiger partial charge in [-0.3, -0.25) is 9.69 Å². The third-order valence-corrected chi connectivity index (χ3v) is 5.79. The second-order valence-corrected chi connectivity index (χ2v) is 7.78. The molecule has 0 bridgehead atoms. The van der Waals surface area contributed by atoms with Crippen molar-refractivity contribution < 1.29 is 9.53 Å². The molecule has 0 aliphatic rings. The molecule has 0 spiro atoms. The number of methoxy groups -OCH3 is 1. The smallest absolute Gasteiger partial charge is 0.233 e. The maximum absolute atomic E-state index is 13.0. The van der Waals surface area contributed by atoms with Gasteiger partial charge in [0, 0.05) is 21.9 Å². The summed E-state index contributed by atoms with van der Waals surface area (Å²) >= 11 is 7.57. The van der Waals surface area contributed by atoms with Gasteiger partial charge in [-0.2, -0.15) is 0 Å². The molecular formula is C22H23ClN2O2S. The minimum atomic E-state index is 0.00561. The number of carbonyl (C=O) groups excluding carboxylic acids is 1. The highest BCUT2D eigenvalue weighted by Crippen LogP contribution is 2.40. The van der Waals surface area contributed by atoms with Crippen molar-refractivity contribution in [3.63, 3.8) is 0 Å². The number of ether oxygens (including phenoxy) is 1. The van der Waals surface area contributed by atoms with E-state index in [0.29, 0.717) is 28.0 Å². The lowest BCUT2D eigenvalue weighted by Gasteiger charge is -2.22. The molecule has 0 aliphatic carbocycles. The van der Waals surface area contributed by atoms with E-state index in [0.717, 1.165) is 29.0 Å². The highest BCUT2D eigenvalue weighted by Gasteiger charge is 2.25. The molecule has 0 saturated heterocycles. The van der Waals surface area contributed by atoms with Crippen LogP contribution in [0.4, 0.5) is 10.8 Å². The fourth-order valence-corrected chi connectivity index (χ4v) is 4.17. The standard InChI is InChI=1S/C22H23ClN2O2S/c1-4-8-20(26)25(17-9-6-7-10-18(17)27-3)22-24-21(19(5-2)28-22)15-11-13-16(23)14-12-15/h6-7,9-14H,4-5,8H2,1-3H3. The highest BCUT2D eigenvalue weighted by atomic mass is 35.5. The predicted octanol–water partition coefficient (Wildman–Crippen LogP) is 6.50. The molecule has 0 unspecified atom stereocenters. The van der Waals surface area contributed by atoms with Crippen LogP contribution in [0.1, 0.15) is 31.6 Å². The summed E-state index contributed by atoms with van der Waals surface area (Å²) in [6.07, 6.45) is 2.03. The number of halogens is 1. The molecule has 0 atom stereocenters. The van der Waals surface area contributed by atoms with Crippen molar-refractivity contribution in [1.29, 1.82) is 0 Å². The Morgan fingerprint density at radius 2 is 1.86 bits per heavy atom. The van der Waals surface area contributed by atoms with E-state index in [4.69, 9.17) is 21.3 Å². The van der Waals surface area contributed by atoms with Crippen molar-refractivity contribution in [2.75, 3.05) is 12.0 Å². The zero-order valence-corrected chi connectivity index (χ0v) is 17.8. The third-order valence-electron chi connectivity index (χ3n) is 4.36. The molecule has 1 heterocycles. The van der Waals surface area contributed by atoms with E-state index in [9.17, 15) is 4.79 Å². The lowest BCUT2D eigenvalue weighted by atomic mass is 10.1. The van der Waals surface area contributed by atoms with Gasteiger partial charge in [0.15, 0.2) is 5.13 Å². The Morgan fingerprint density at radius 1 is 1.14 bits per heavy atom. The van der Waals surface area contributed by atoms with Crippen LogP contribution in [0, 0.1) is 0 Å². The lowest BCUT2D eigenvalue weighted by molar-refractivity contribution is -0.117. The van der Waals surface area contributed by atoms with Gasteiger partial charge in [-0.15, -0.1) is 11.3 Å². The monoisotopic (exact) mass is 414 g/mol. The normalized spacial score (nSPS) is 10.7. The van der Waals surface area contributed by atoms with Gasteiger partial charge in [0.05, 0.1) is 18.5 Å². The fourth-order valence-electron chi connectivity index (χ4n) is 2.99. The van der Waals surface area contributed by atoms with E-state index < -0.39 is 0 Å². The number of hydrogen-bond acceptors (Lipinski definition) is 4. The topological polar surface area (TPSA) is 42.4 Å². The van der Waals surface area contributed by atoms with Crippen LogP contribution in [0.2, 0.25) is 5.02 Å². The summed E-state index contributed by atoms with van der Waals surface area (Å²) in [7, 11) is 1.61. The van der Waals surface area contributed by atoms with Gasteiger partial charge >= 0.3 is 0 Å². The van der Waals surface area contributed by atoms with Crippen LogP contribution in [0.5, 0.6) is 5.75 Å². The summed E-state index contributed by atoms with van der Waals surface area (Å²) in [5.74, 6) is 0.652. The molecule has 146 valence electrons. The SMILES string of the molecule is CCCC(=O)N(c1nc(-c2ccc(Cl)cc2)c(CC)s1)c1ccccc1OC. The van der Waals surface area contributed by atoms with Gasteiger partial charge < -0.3 is 4.74 Å². The number of rotatable bonds is 7. The van der Waals surface area contributed by atoms with Crippen LogP contribution >= 0.6 is 22.9 Å². The number of aryl methyl sites for hydroxylation is 1. The van der Waals surface area contributed by atoms with E-state index >= 15 is 0 Å². The summed E-state index contributed by atoms with van der Waals surface area (Å²) in [6, 6.07) is 15.2. The Bertz CT molecular complexity index is 953. The average molecular weight is 415 g/mol. The minimum Gasteiger partial charge on any atom is -0.495 e. The minimum absolute atomic E-state index is 0.00561. The summed E-state index contributed by atoms with van der Waals surface area (Å²) in [5, 5.41) is 1.34. The molecule has 4 nitrogen and oxygen atoms in total. The number of aromatic nitrogens is 1. The van der Waals surface area contributed by atoms with Crippen molar-refractivity contribution in [3.05, 3.63) is 58.4 Å². The molecule has 3 rings (SSSR count). The molecule has 2 aromatic carbocycles. The Labute approximate surface area is 174 Å². The number of nitrogens with zero attached hydrogens (tertiary/aromatic N) is 2. The van der Waals surface area contributed by atoms with E-state index in [-0.39, 0.29) is 5.91 Å². The van der Waals surface area contributed by atoms with Crippen molar-refractivity contribution in [2.24, 2.45) is 0 Å². The first-order valence-electron chi connectivity index (χ1n) is 9.30. The second-order valence-electron chi connectivity index (χ2n) is 6.28. The molecule has 0 fully saturated rings. The number of hydrogen-bond donors (Lipinski definition) is 0. The maximum Gasteiger partial charge on any atom is 0.233 e.